The zero-order valence-electron chi connectivity index (χ0n) is 9.16. The van der Waals surface area contributed by atoms with Crippen LogP contribution in [-0.4, -0.2) is 10.9 Å². The van der Waals surface area contributed by atoms with Gasteiger partial charge < -0.3 is 4.74 Å². The lowest BCUT2D eigenvalue weighted by Gasteiger charge is -2.27. The highest BCUT2D eigenvalue weighted by Crippen LogP contribution is 2.27. The SMILES string of the molecule is Clc1cccc(COC2CCCCC2Br)c1. The Labute approximate surface area is 110 Å². The molecule has 2 unspecified atom stereocenters. The quantitative estimate of drug-likeness (QED) is 0.744. The normalized spacial score (nSPS) is 25.6. The third kappa shape index (κ3) is 3.47. The minimum atomic E-state index is 0.354. The van der Waals surface area contributed by atoms with Crippen molar-refractivity contribution in [2.45, 2.75) is 43.2 Å². The Hall–Kier alpha value is -0.0500. The summed E-state index contributed by atoms with van der Waals surface area (Å²) in [6.07, 6.45) is 5.33. The zero-order valence-corrected chi connectivity index (χ0v) is 11.5. The van der Waals surface area contributed by atoms with E-state index in [2.05, 4.69) is 22.0 Å². The molecular formula is C13H16BrClO. The molecule has 1 aliphatic rings. The van der Waals surface area contributed by atoms with Crippen LogP contribution >= 0.6 is 27.5 Å². The van der Waals surface area contributed by atoms with Crippen LogP contribution in [-0.2, 0) is 11.3 Å². The Morgan fingerprint density at radius 3 is 2.88 bits per heavy atom. The lowest BCUT2D eigenvalue weighted by Crippen LogP contribution is -2.27. The summed E-state index contributed by atoms with van der Waals surface area (Å²) in [5.41, 5.74) is 1.15. The second-order valence-corrected chi connectivity index (χ2v) is 5.89. The van der Waals surface area contributed by atoms with E-state index in [-0.39, 0.29) is 0 Å². The summed E-state index contributed by atoms with van der Waals surface area (Å²) in [5, 5.41) is 0.778. The molecular weight excluding hydrogens is 287 g/mol. The Morgan fingerprint density at radius 2 is 2.12 bits per heavy atom. The number of rotatable bonds is 3. The van der Waals surface area contributed by atoms with Crippen LogP contribution in [0.3, 0.4) is 0 Å². The van der Waals surface area contributed by atoms with Gasteiger partial charge in [0.2, 0.25) is 0 Å². The molecule has 88 valence electrons. The summed E-state index contributed by atoms with van der Waals surface area (Å²) in [4.78, 5) is 0.514. The number of ether oxygens (including phenoxy) is 1. The van der Waals surface area contributed by atoms with Crippen molar-refractivity contribution in [3.05, 3.63) is 34.9 Å². The van der Waals surface area contributed by atoms with Gasteiger partial charge in [0.25, 0.3) is 0 Å². The highest BCUT2D eigenvalue weighted by Gasteiger charge is 2.23. The van der Waals surface area contributed by atoms with Crippen molar-refractivity contribution in [1.82, 2.24) is 0 Å². The molecule has 3 heteroatoms. The average molecular weight is 304 g/mol. The maximum Gasteiger partial charge on any atom is 0.0721 e. The summed E-state index contributed by atoms with van der Waals surface area (Å²) in [5.74, 6) is 0. The lowest BCUT2D eigenvalue weighted by atomic mass is 9.97. The van der Waals surface area contributed by atoms with Gasteiger partial charge in [0, 0.05) is 9.85 Å². The first-order valence-electron chi connectivity index (χ1n) is 5.76. The Balaban J connectivity index is 1.86. The molecule has 0 spiro atoms. The van der Waals surface area contributed by atoms with Gasteiger partial charge >= 0.3 is 0 Å². The Morgan fingerprint density at radius 1 is 1.31 bits per heavy atom. The number of hydrogen-bond donors (Lipinski definition) is 0. The Bertz CT molecular complexity index is 342. The van der Waals surface area contributed by atoms with Crippen LogP contribution in [0.1, 0.15) is 31.2 Å². The lowest BCUT2D eigenvalue weighted by molar-refractivity contribution is 0.0227. The molecule has 16 heavy (non-hydrogen) atoms. The smallest absolute Gasteiger partial charge is 0.0721 e. The van der Waals surface area contributed by atoms with Crippen LogP contribution in [0.4, 0.5) is 0 Å². The van der Waals surface area contributed by atoms with E-state index in [1.807, 2.05) is 18.2 Å². The van der Waals surface area contributed by atoms with Gasteiger partial charge in [-0.15, -0.1) is 0 Å². The average Bonchev–Trinajstić information content (AvgIpc) is 2.28. The molecule has 1 nitrogen and oxygen atoms in total. The van der Waals surface area contributed by atoms with Gasteiger partial charge in [-0.05, 0) is 30.5 Å². The molecule has 1 fully saturated rings. The first-order valence-corrected chi connectivity index (χ1v) is 7.05. The number of benzene rings is 1. The van der Waals surface area contributed by atoms with E-state index < -0.39 is 0 Å². The van der Waals surface area contributed by atoms with Crippen LogP contribution < -0.4 is 0 Å². The fraction of sp³-hybridized carbons (Fsp3) is 0.538. The second kappa shape index (κ2) is 6.04. The van der Waals surface area contributed by atoms with E-state index in [1.165, 1.54) is 19.3 Å². The third-order valence-corrected chi connectivity index (χ3v) is 4.26. The molecule has 2 rings (SSSR count). The molecule has 0 bridgehead atoms. The minimum absolute atomic E-state index is 0.354. The van der Waals surface area contributed by atoms with E-state index >= 15 is 0 Å². The zero-order chi connectivity index (χ0) is 11.4. The summed E-state index contributed by atoms with van der Waals surface area (Å²) >= 11 is 9.62. The molecule has 0 aliphatic heterocycles. The third-order valence-electron chi connectivity index (χ3n) is 2.98. The largest absolute Gasteiger partial charge is 0.372 e. The highest BCUT2D eigenvalue weighted by atomic mass is 79.9. The summed E-state index contributed by atoms with van der Waals surface area (Å²) in [7, 11) is 0. The Kier molecular flexibility index (Phi) is 4.68. The molecule has 1 saturated carbocycles. The van der Waals surface area contributed by atoms with Crippen molar-refractivity contribution in [3.8, 4) is 0 Å². The summed E-state index contributed by atoms with van der Waals surface area (Å²) < 4.78 is 5.93. The van der Waals surface area contributed by atoms with Gasteiger partial charge in [-0.1, -0.05) is 52.5 Å². The van der Waals surface area contributed by atoms with Crippen molar-refractivity contribution in [2.24, 2.45) is 0 Å². The van der Waals surface area contributed by atoms with Crippen LogP contribution in [0.25, 0.3) is 0 Å². The topological polar surface area (TPSA) is 9.23 Å². The molecule has 0 saturated heterocycles. The first kappa shape index (κ1) is 12.4. The van der Waals surface area contributed by atoms with Crippen LogP contribution in [0, 0.1) is 0 Å². The van der Waals surface area contributed by atoms with E-state index in [0.717, 1.165) is 17.0 Å². The van der Waals surface area contributed by atoms with Crippen molar-refractivity contribution >= 4 is 27.5 Å². The van der Waals surface area contributed by atoms with Gasteiger partial charge in [-0.25, -0.2) is 0 Å². The van der Waals surface area contributed by atoms with Gasteiger partial charge in [0.1, 0.15) is 0 Å². The predicted molar refractivity (Wildman–Crippen MR) is 71.2 cm³/mol. The number of halogens is 2. The number of alkyl halides is 1. The predicted octanol–water partition coefficient (Wildman–Crippen LogP) is 4.56. The summed E-state index contributed by atoms with van der Waals surface area (Å²) in [6.45, 7) is 0.660. The van der Waals surface area contributed by atoms with Crippen molar-refractivity contribution < 1.29 is 4.74 Å². The van der Waals surface area contributed by atoms with Gasteiger partial charge in [-0.2, -0.15) is 0 Å². The van der Waals surface area contributed by atoms with Crippen molar-refractivity contribution in [2.75, 3.05) is 0 Å². The maximum atomic E-state index is 5.93. The van der Waals surface area contributed by atoms with E-state index in [1.54, 1.807) is 0 Å². The van der Waals surface area contributed by atoms with Crippen molar-refractivity contribution in [3.63, 3.8) is 0 Å². The molecule has 0 heterocycles. The molecule has 0 radical (unpaired) electrons. The molecule has 1 aromatic rings. The fourth-order valence-electron chi connectivity index (χ4n) is 2.07. The molecule has 0 amide bonds. The van der Waals surface area contributed by atoms with Gasteiger partial charge in [0.15, 0.2) is 0 Å². The maximum absolute atomic E-state index is 5.93. The molecule has 0 aromatic heterocycles. The van der Waals surface area contributed by atoms with E-state index in [9.17, 15) is 0 Å². The molecule has 2 atom stereocenters. The van der Waals surface area contributed by atoms with Crippen LogP contribution in [0.2, 0.25) is 5.02 Å². The first-order chi connectivity index (χ1) is 7.75. The van der Waals surface area contributed by atoms with Crippen LogP contribution in [0.5, 0.6) is 0 Å². The fourth-order valence-corrected chi connectivity index (χ4v) is 3.02. The molecule has 1 aromatic carbocycles. The molecule has 0 N–H and O–H groups in total. The minimum Gasteiger partial charge on any atom is -0.372 e. The second-order valence-electron chi connectivity index (χ2n) is 4.28. The molecule has 1 aliphatic carbocycles. The van der Waals surface area contributed by atoms with Gasteiger partial charge in [0.05, 0.1) is 12.7 Å². The standard InChI is InChI=1S/C13H16BrClO/c14-12-6-1-2-7-13(12)16-9-10-4-3-5-11(15)8-10/h3-5,8,12-13H,1-2,6-7,9H2. The number of hydrogen-bond acceptors (Lipinski definition) is 1. The highest BCUT2D eigenvalue weighted by molar-refractivity contribution is 9.09. The summed E-state index contributed by atoms with van der Waals surface area (Å²) in [6, 6.07) is 7.87. The van der Waals surface area contributed by atoms with Gasteiger partial charge in [-0.3, -0.25) is 0 Å². The van der Waals surface area contributed by atoms with Crippen LogP contribution in [0.15, 0.2) is 24.3 Å². The van der Waals surface area contributed by atoms with E-state index in [0.29, 0.717) is 17.5 Å². The monoisotopic (exact) mass is 302 g/mol. The van der Waals surface area contributed by atoms with E-state index in [4.69, 9.17) is 16.3 Å². The van der Waals surface area contributed by atoms with Crippen molar-refractivity contribution in [1.29, 1.82) is 0 Å².